The average molecular weight is 336 g/mol. The van der Waals surface area contributed by atoms with E-state index in [1.54, 1.807) is 19.1 Å². The fourth-order valence-corrected chi connectivity index (χ4v) is 1.98. The molecule has 1 unspecified atom stereocenters. The van der Waals surface area contributed by atoms with E-state index >= 15 is 0 Å². The number of ether oxygens (including phenoxy) is 2. The molecule has 0 fully saturated rings. The minimum absolute atomic E-state index is 0.00286. The SMILES string of the molecule is CC(COC(=O)C=Cc1ccccc1)OC(=O)C=Cc1ccccc1. The van der Waals surface area contributed by atoms with Gasteiger partial charge < -0.3 is 9.47 Å². The topological polar surface area (TPSA) is 52.6 Å². The molecule has 4 nitrogen and oxygen atoms in total. The lowest BCUT2D eigenvalue weighted by Crippen LogP contribution is -2.20. The van der Waals surface area contributed by atoms with Crippen molar-refractivity contribution in [3.8, 4) is 0 Å². The van der Waals surface area contributed by atoms with Gasteiger partial charge in [-0.05, 0) is 30.2 Å². The highest BCUT2D eigenvalue weighted by Crippen LogP contribution is 2.03. The molecule has 4 heteroatoms. The Hall–Kier alpha value is -3.14. The molecule has 0 aliphatic rings. The van der Waals surface area contributed by atoms with Gasteiger partial charge in [-0.3, -0.25) is 0 Å². The van der Waals surface area contributed by atoms with E-state index in [2.05, 4.69) is 0 Å². The largest absolute Gasteiger partial charge is 0.459 e. The lowest BCUT2D eigenvalue weighted by molar-refractivity contribution is -0.151. The summed E-state index contributed by atoms with van der Waals surface area (Å²) < 4.78 is 10.2. The van der Waals surface area contributed by atoms with Crippen molar-refractivity contribution in [1.82, 2.24) is 0 Å². The molecule has 0 aromatic heterocycles. The molecule has 25 heavy (non-hydrogen) atoms. The summed E-state index contributed by atoms with van der Waals surface area (Å²) in [5.41, 5.74) is 1.81. The maximum atomic E-state index is 11.7. The standard InChI is InChI=1S/C21H20O4/c1-17(25-21(23)15-13-19-10-6-3-7-11-19)16-24-20(22)14-12-18-8-4-2-5-9-18/h2-15,17H,16H2,1H3. The van der Waals surface area contributed by atoms with Gasteiger partial charge in [0, 0.05) is 12.2 Å². The smallest absolute Gasteiger partial charge is 0.331 e. The minimum atomic E-state index is -0.526. The highest BCUT2D eigenvalue weighted by Gasteiger charge is 2.09. The van der Waals surface area contributed by atoms with Crippen molar-refractivity contribution in [3.05, 3.63) is 83.9 Å². The second kappa shape index (κ2) is 9.88. The van der Waals surface area contributed by atoms with E-state index < -0.39 is 18.0 Å². The molecule has 0 saturated heterocycles. The third-order valence-electron chi connectivity index (χ3n) is 3.20. The predicted octanol–water partition coefficient (Wildman–Crippen LogP) is 3.89. The Morgan fingerprint density at radius 2 is 1.32 bits per heavy atom. The quantitative estimate of drug-likeness (QED) is 0.569. The van der Waals surface area contributed by atoms with Crippen molar-refractivity contribution in [2.75, 3.05) is 6.61 Å². The van der Waals surface area contributed by atoms with Crippen LogP contribution in [0.4, 0.5) is 0 Å². The Kier molecular flexibility index (Phi) is 7.19. The van der Waals surface area contributed by atoms with E-state index in [1.165, 1.54) is 12.2 Å². The number of carbonyl (C=O) groups is 2. The molecule has 0 radical (unpaired) electrons. The summed E-state index contributed by atoms with van der Waals surface area (Å²) in [6, 6.07) is 18.9. The Morgan fingerprint density at radius 1 is 0.840 bits per heavy atom. The van der Waals surface area contributed by atoms with Crippen LogP contribution in [0.1, 0.15) is 18.1 Å². The van der Waals surface area contributed by atoms with Gasteiger partial charge in [-0.2, -0.15) is 0 Å². The maximum absolute atomic E-state index is 11.7. The van der Waals surface area contributed by atoms with Gasteiger partial charge in [0.1, 0.15) is 12.7 Å². The second-order valence-electron chi connectivity index (χ2n) is 5.37. The minimum Gasteiger partial charge on any atom is -0.459 e. The van der Waals surface area contributed by atoms with E-state index in [0.717, 1.165) is 11.1 Å². The van der Waals surface area contributed by atoms with Crippen LogP contribution < -0.4 is 0 Å². The van der Waals surface area contributed by atoms with Gasteiger partial charge in [-0.15, -0.1) is 0 Å². The van der Waals surface area contributed by atoms with Crippen molar-refractivity contribution in [1.29, 1.82) is 0 Å². The number of hydrogen-bond acceptors (Lipinski definition) is 4. The van der Waals surface area contributed by atoms with Crippen LogP contribution in [-0.4, -0.2) is 24.6 Å². The summed E-state index contributed by atoms with van der Waals surface area (Å²) in [6.45, 7) is 1.67. The first kappa shape index (κ1) is 18.2. The third kappa shape index (κ3) is 7.31. The first-order valence-corrected chi connectivity index (χ1v) is 7.97. The summed E-state index contributed by atoms with van der Waals surface area (Å²) in [4.78, 5) is 23.4. The Balaban J connectivity index is 1.71. The molecule has 0 saturated carbocycles. The molecule has 2 aromatic carbocycles. The summed E-state index contributed by atoms with van der Waals surface area (Å²) in [5, 5.41) is 0. The zero-order valence-electron chi connectivity index (χ0n) is 14.0. The molecule has 0 aliphatic carbocycles. The number of rotatable bonds is 7. The summed E-state index contributed by atoms with van der Waals surface area (Å²) in [6.07, 6.45) is 5.51. The number of hydrogen-bond donors (Lipinski definition) is 0. The Morgan fingerprint density at radius 3 is 1.84 bits per heavy atom. The van der Waals surface area contributed by atoms with Gasteiger partial charge in [0.25, 0.3) is 0 Å². The molecule has 0 bridgehead atoms. The van der Waals surface area contributed by atoms with Crippen LogP contribution >= 0.6 is 0 Å². The highest BCUT2D eigenvalue weighted by atomic mass is 16.6. The van der Waals surface area contributed by atoms with Gasteiger partial charge in [-0.25, -0.2) is 9.59 Å². The monoisotopic (exact) mass is 336 g/mol. The highest BCUT2D eigenvalue weighted by molar-refractivity contribution is 5.88. The second-order valence-corrected chi connectivity index (χ2v) is 5.37. The summed E-state index contributed by atoms with van der Waals surface area (Å²) in [5.74, 6) is -0.959. The number of carbonyl (C=O) groups excluding carboxylic acids is 2. The van der Waals surface area contributed by atoms with Gasteiger partial charge >= 0.3 is 11.9 Å². The fourth-order valence-electron chi connectivity index (χ4n) is 1.98. The lowest BCUT2D eigenvalue weighted by Gasteiger charge is -2.11. The predicted molar refractivity (Wildman–Crippen MR) is 97.5 cm³/mol. The molecule has 0 amide bonds. The Labute approximate surface area is 147 Å². The van der Waals surface area contributed by atoms with E-state index in [9.17, 15) is 9.59 Å². The molecule has 2 rings (SSSR count). The van der Waals surface area contributed by atoms with Gasteiger partial charge in [0.05, 0.1) is 0 Å². The number of benzene rings is 2. The maximum Gasteiger partial charge on any atom is 0.331 e. The number of esters is 2. The summed E-state index contributed by atoms with van der Waals surface area (Å²) >= 11 is 0. The van der Waals surface area contributed by atoms with Gasteiger partial charge in [0.15, 0.2) is 0 Å². The van der Waals surface area contributed by atoms with E-state index in [4.69, 9.17) is 9.47 Å². The van der Waals surface area contributed by atoms with Crippen LogP contribution in [0.5, 0.6) is 0 Å². The lowest BCUT2D eigenvalue weighted by atomic mass is 10.2. The normalized spacial score (nSPS) is 12.2. The zero-order valence-corrected chi connectivity index (χ0v) is 14.0. The average Bonchev–Trinajstić information content (AvgIpc) is 2.65. The van der Waals surface area contributed by atoms with Crippen LogP contribution in [0.3, 0.4) is 0 Å². The molecule has 0 N–H and O–H groups in total. The molecular weight excluding hydrogens is 316 g/mol. The molecule has 128 valence electrons. The van der Waals surface area contributed by atoms with Crippen LogP contribution in [0.2, 0.25) is 0 Å². The van der Waals surface area contributed by atoms with Crippen molar-refractivity contribution in [3.63, 3.8) is 0 Å². The molecule has 0 spiro atoms. The first-order chi connectivity index (χ1) is 12.1. The van der Waals surface area contributed by atoms with E-state index in [1.807, 2.05) is 60.7 Å². The molecule has 0 aliphatic heterocycles. The Bertz CT molecular complexity index is 733. The molecule has 0 heterocycles. The van der Waals surface area contributed by atoms with Crippen molar-refractivity contribution >= 4 is 24.1 Å². The molecule has 2 aromatic rings. The first-order valence-electron chi connectivity index (χ1n) is 7.97. The van der Waals surface area contributed by atoms with Crippen LogP contribution in [-0.2, 0) is 19.1 Å². The van der Waals surface area contributed by atoms with Gasteiger partial charge in [-0.1, -0.05) is 60.7 Å². The van der Waals surface area contributed by atoms with Crippen molar-refractivity contribution in [2.45, 2.75) is 13.0 Å². The van der Waals surface area contributed by atoms with E-state index in [-0.39, 0.29) is 6.61 Å². The van der Waals surface area contributed by atoms with Crippen LogP contribution in [0.25, 0.3) is 12.2 Å². The third-order valence-corrected chi connectivity index (χ3v) is 3.20. The van der Waals surface area contributed by atoms with Gasteiger partial charge in [0.2, 0.25) is 0 Å². The van der Waals surface area contributed by atoms with Crippen molar-refractivity contribution in [2.24, 2.45) is 0 Å². The summed E-state index contributed by atoms with van der Waals surface area (Å²) in [7, 11) is 0. The van der Waals surface area contributed by atoms with E-state index in [0.29, 0.717) is 0 Å². The fraction of sp³-hybridized carbons (Fsp3) is 0.143. The van der Waals surface area contributed by atoms with Crippen molar-refractivity contribution < 1.29 is 19.1 Å². The van der Waals surface area contributed by atoms with Crippen LogP contribution in [0, 0.1) is 0 Å². The molecular formula is C21H20O4. The zero-order chi connectivity index (χ0) is 17.9. The molecule has 1 atom stereocenters. The van der Waals surface area contributed by atoms with Crippen LogP contribution in [0.15, 0.2) is 72.8 Å².